The molecule has 0 unspecified atom stereocenters. The molecule has 0 saturated carbocycles. The summed E-state index contributed by atoms with van der Waals surface area (Å²) in [6.07, 6.45) is -0.336. The van der Waals surface area contributed by atoms with Gasteiger partial charge in [-0.05, 0) is 24.3 Å². The highest BCUT2D eigenvalue weighted by Crippen LogP contribution is 2.37. The maximum absolute atomic E-state index is 13.6. The number of aromatic nitrogens is 2. The molecule has 3 heterocycles. The summed E-state index contributed by atoms with van der Waals surface area (Å²) in [5.74, 6) is -0.708. The smallest absolute Gasteiger partial charge is 0.378 e. The molecule has 6 nitrogen and oxygen atoms in total. The number of anilines is 2. The highest BCUT2D eigenvalue weighted by Gasteiger charge is 2.34. The van der Waals surface area contributed by atoms with Gasteiger partial charge in [-0.3, -0.25) is 9.20 Å². The number of nitrogens with zero attached hydrogens (tertiary/aromatic N) is 3. The fraction of sp³-hybridized carbons (Fsp3) is 0.263. The second kappa shape index (κ2) is 8.29. The number of morpholine rings is 1. The molecule has 158 valence electrons. The Morgan fingerprint density at radius 3 is 2.80 bits per heavy atom. The van der Waals surface area contributed by atoms with E-state index in [0.29, 0.717) is 42.6 Å². The molecule has 11 heteroatoms. The number of hydrogen-bond donors (Lipinski definition) is 1. The monoisotopic (exact) mass is 456 g/mol. The number of halogens is 4. The second-order valence-corrected chi connectivity index (χ2v) is 7.72. The standard InChI is InChI=1S/C19H16ClF3N4O2S/c20-17-15(27-7-10-30-18(27)25-17)3-4-16(28)24-14-2-1-12(11-13(14)19(21,22)23)26-5-8-29-9-6-26/h1-4,7,10-11H,5-6,8-9H2,(H,24,28)/b4-3+. The van der Waals surface area contributed by atoms with E-state index in [1.807, 2.05) is 10.3 Å². The van der Waals surface area contributed by atoms with Crippen LogP contribution in [0.2, 0.25) is 5.15 Å². The summed E-state index contributed by atoms with van der Waals surface area (Å²) in [4.78, 5) is 18.9. The van der Waals surface area contributed by atoms with Crippen LogP contribution in [-0.4, -0.2) is 41.6 Å². The van der Waals surface area contributed by atoms with Crippen molar-refractivity contribution in [1.29, 1.82) is 0 Å². The first-order valence-corrected chi connectivity index (χ1v) is 10.2. The van der Waals surface area contributed by atoms with Crippen LogP contribution < -0.4 is 10.2 Å². The van der Waals surface area contributed by atoms with Crippen LogP contribution in [0.4, 0.5) is 24.5 Å². The lowest BCUT2D eigenvalue weighted by molar-refractivity contribution is -0.136. The minimum Gasteiger partial charge on any atom is -0.378 e. The van der Waals surface area contributed by atoms with Crippen LogP contribution in [0, 0.1) is 0 Å². The van der Waals surface area contributed by atoms with Crippen molar-refractivity contribution in [3.8, 4) is 0 Å². The summed E-state index contributed by atoms with van der Waals surface area (Å²) in [5, 5.41) is 4.32. The van der Waals surface area contributed by atoms with Crippen molar-refractivity contribution in [2.24, 2.45) is 0 Å². The molecular formula is C19H16ClF3N4O2S. The second-order valence-electron chi connectivity index (χ2n) is 6.49. The third-order valence-electron chi connectivity index (χ3n) is 4.59. The number of ether oxygens (including phenoxy) is 1. The molecule has 1 saturated heterocycles. The largest absolute Gasteiger partial charge is 0.418 e. The van der Waals surface area contributed by atoms with Gasteiger partial charge in [0.1, 0.15) is 0 Å². The zero-order valence-electron chi connectivity index (χ0n) is 15.4. The molecule has 0 spiro atoms. The van der Waals surface area contributed by atoms with Gasteiger partial charge < -0.3 is 15.0 Å². The lowest BCUT2D eigenvalue weighted by atomic mass is 10.1. The van der Waals surface area contributed by atoms with E-state index in [4.69, 9.17) is 16.3 Å². The number of amides is 1. The molecule has 0 aliphatic carbocycles. The van der Waals surface area contributed by atoms with Gasteiger partial charge in [0.05, 0.1) is 30.2 Å². The zero-order chi connectivity index (χ0) is 21.3. The Balaban J connectivity index is 1.56. The molecule has 1 amide bonds. The van der Waals surface area contributed by atoms with E-state index in [-0.39, 0.29) is 10.8 Å². The number of fused-ring (bicyclic) bond motifs is 1. The number of rotatable bonds is 4. The van der Waals surface area contributed by atoms with Crippen LogP contribution in [0.5, 0.6) is 0 Å². The predicted molar refractivity (Wildman–Crippen MR) is 110 cm³/mol. The van der Waals surface area contributed by atoms with Gasteiger partial charge in [-0.2, -0.15) is 13.2 Å². The number of hydrogen-bond acceptors (Lipinski definition) is 5. The van der Waals surface area contributed by atoms with Gasteiger partial charge in [-0.1, -0.05) is 11.6 Å². The molecule has 0 radical (unpaired) electrons. The van der Waals surface area contributed by atoms with Crippen LogP contribution in [0.15, 0.2) is 35.9 Å². The van der Waals surface area contributed by atoms with E-state index in [1.165, 1.54) is 23.5 Å². The molecule has 3 aromatic rings. The van der Waals surface area contributed by atoms with Crippen LogP contribution in [-0.2, 0) is 15.7 Å². The van der Waals surface area contributed by atoms with Crippen molar-refractivity contribution < 1.29 is 22.7 Å². The van der Waals surface area contributed by atoms with Crippen LogP contribution in [0.3, 0.4) is 0 Å². The van der Waals surface area contributed by atoms with Crippen molar-refractivity contribution >= 4 is 51.3 Å². The summed E-state index contributed by atoms with van der Waals surface area (Å²) < 4.78 is 47.7. The molecule has 1 aliphatic heterocycles. The van der Waals surface area contributed by atoms with E-state index < -0.39 is 17.6 Å². The lowest BCUT2D eigenvalue weighted by Crippen LogP contribution is -2.36. The van der Waals surface area contributed by atoms with Crippen molar-refractivity contribution in [2.75, 3.05) is 36.5 Å². The Morgan fingerprint density at radius 1 is 1.30 bits per heavy atom. The highest BCUT2D eigenvalue weighted by atomic mass is 35.5. The number of benzene rings is 1. The molecule has 1 fully saturated rings. The molecular weight excluding hydrogens is 441 g/mol. The zero-order valence-corrected chi connectivity index (χ0v) is 17.0. The molecule has 0 atom stereocenters. The Labute approximate surface area is 178 Å². The van der Waals surface area contributed by atoms with Crippen LogP contribution in [0.1, 0.15) is 11.3 Å². The average molecular weight is 457 g/mol. The van der Waals surface area contributed by atoms with Gasteiger partial charge in [0.15, 0.2) is 10.1 Å². The van der Waals surface area contributed by atoms with Crippen molar-refractivity contribution in [3.05, 3.63) is 52.3 Å². The summed E-state index contributed by atoms with van der Waals surface area (Å²) in [5.41, 5.74) is -0.308. The van der Waals surface area contributed by atoms with Crippen molar-refractivity contribution in [2.45, 2.75) is 6.18 Å². The Hall–Kier alpha value is -2.56. The predicted octanol–water partition coefficient (Wildman–Crippen LogP) is 4.56. The molecule has 4 rings (SSSR count). The minimum atomic E-state index is -4.62. The van der Waals surface area contributed by atoms with Crippen molar-refractivity contribution in [1.82, 2.24) is 9.38 Å². The van der Waals surface area contributed by atoms with Crippen LogP contribution >= 0.6 is 22.9 Å². The van der Waals surface area contributed by atoms with Crippen molar-refractivity contribution in [3.63, 3.8) is 0 Å². The summed E-state index contributed by atoms with van der Waals surface area (Å²) in [6.45, 7) is 1.93. The summed E-state index contributed by atoms with van der Waals surface area (Å²) in [7, 11) is 0. The first-order valence-electron chi connectivity index (χ1n) is 8.97. The number of nitrogens with one attached hydrogen (secondary N) is 1. The first-order chi connectivity index (χ1) is 14.3. The lowest BCUT2D eigenvalue weighted by Gasteiger charge is -2.29. The fourth-order valence-corrected chi connectivity index (χ4v) is 4.15. The molecule has 0 bridgehead atoms. The number of thiazole rings is 1. The molecule has 1 aliphatic rings. The number of alkyl halides is 3. The normalized spacial score (nSPS) is 15.3. The van der Waals surface area contributed by atoms with E-state index in [9.17, 15) is 18.0 Å². The average Bonchev–Trinajstić information content (AvgIpc) is 3.27. The molecule has 1 N–H and O–H groups in total. The SMILES string of the molecule is O=C(/C=C/c1c(Cl)nc2sccn12)Nc1ccc(N2CCOCC2)cc1C(F)(F)F. The Kier molecular flexibility index (Phi) is 5.72. The highest BCUT2D eigenvalue weighted by molar-refractivity contribution is 7.15. The van der Waals surface area contributed by atoms with Gasteiger partial charge >= 0.3 is 6.18 Å². The maximum atomic E-state index is 13.6. The summed E-state index contributed by atoms with van der Waals surface area (Å²) >= 11 is 7.43. The van der Waals surface area contributed by atoms with E-state index in [1.54, 1.807) is 16.7 Å². The quantitative estimate of drug-likeness (QED) is 0.585. The van der Waals surface area contributed by atoms with E-state index >= 15 is 0 Å². The number of carbonyl (C=O) groups excluding carboxylic acids is 1. The minimum absolute atomic E-state index is 0.205. The Bertz CT molecular complexity index is 1100. The summed E-state index contributed by atoms with van der Waals surface area (Å²) in [6, 6.07) is 3.87. The van der Waals surface area contributed by atoms with Crippen LogP contribution in [0.25, 0.3) is 11.0 Å². The van der Waals surface area contributed by atoms with Gasteiger partial charge in [0, 0.05) is 36.4 Å². The number of imidazole rings is 1. The van der Waals surface area contributed by atoms with Gasteiger partial charge in [0.2, 0.25) is 5.91 Å². The van der Waals surface area contributed by atoms with E-state index in [0.717, 1.165) is 12.1 Å². The maximum Gasteiger partial charge on any atom is 0.418 e. The van der Waals surface area contributed by atoms with Gasteiger partial charge in [-0.15, -0.1) is 11.3 Å². The topological polar surface area (TPSA) is 58.9 Å². The third kappa shape index (κ3) is 4.30. The van der Waals surface area contributed by atoms with Gasteiger partial charge in [-0.25, -0.2) is 4.98 Å². The number of carbonyl (C=O) groups is 1. The Morgan fingerprint density at radius 2 is 2.07 bits per heavy atom. The fourth-order valence-electron chi connectivity index (χ4n) is 3.15. The van der Waals surface area contributed by atoms with E-state index in [2.05, 4.69) is 10.3 Å². The molecule has 1 aromatic carbocycles. The molecule has 30 heavy (non-hydrogen) atoms. The van der Waals surface area contributed by atoms with Gasteiger partial charge in [0.25, 0.3) is 0 Å². The third-order valence-corrected chi connectivity index (χ3v) is 5.62. The molecule has 2 aromatic heterocycles. The first kappa shape index (κ1) is 20.7.